The predicted molar refractivity (Wildman–Crippen MR) is 53.4 cm³/mol. The van der Waals surface area contributed by atoms with Gasteiger partial charge in [0.15, 0.2) is 6.29 Å². The Bertz CT molecular complexity index is 322. The summed E-state index contributed by atoms with van der Waals surface area (Å²) in [6.07, 6.45) is 0.780. The van der Waals surface area contributed by atoms with Crippen LogP contribution in [0, 0.1) is 0 Å². The zero-order chi connectivity index (χ0) is 10.6. The summed E-state index contributed by atoms with van der Waals surface area (Å²) in [5, 5.41) is 0. The molecule has 0 aliphatic heterocycles. The molecule has 0 aliphatic rings. The summed E-state index contributed by atoms with van der Waals surface area (Å²) in [4.78, 5) is 10.9. The molecule has 1 unspecified atom stereocenters. The molecule has 1 rings (SSSR count). The Balaban J connectivity index is 3.10. The molecular formula is C11H14O3. The minimum atomic E-state index is -0.894. The van der Waals surface area contributed by atoms with E-state index in [2.05, 4.69) is 0 Å². The van der Waals surface area contributed by atoms with Gasteiger partial charge in [-0.05, 0) is 24.6 Å². The summed E-state index contributed by atoms with van der Waals surface area (Å²) in [5.41, 5.74) is -0.108. The summed E-state index contributed by atoms with van der Waals surface area (Å²) >= 11 is 0. The van der Waals surface area contributed by atoms with Crippen molar-refractivity contribution >= 4 is 6.29 Å². The smallest absolute Gasteiger partial charge is 0.156 e. The van der Waals surface area contributed by atoms with Crippen LogP contribution in [-0.4, -0.2) is 20.5 Å². The quantitative estimate of drug-likeness (QED) is 0.685. The molecule has 0 saturated heterocycles. The van der Waals surface area contributed by atoms with Crippen LogP contribution in [0.5, 0.6) is 5.75 Å². The van der Waals surface area contributed by atoms with Crippen LogP contribution >= 0.6 is 0 Å². The number of hydrogen-bond donors (Lipinski definition) is 0. The number of carbonyl (C=O) groups is 1. The van der Waals surface area contributed by atoms with Gasteiger partial charge in [0.05, 0.1) is 7.11 Å². The van der Waals surface area contributed by atoms with Gasteiger partial charge in [-0.1, -0.05) is 12.1 Å². The van der Waals surface area contributed by atoms with Gasteiger partial charge in [-0.15, -0.1) is 0 Å². The minimum Gasteiger partial charge on any atom is -0.497 e. The molecule has 0 amide bonds. The lowest BCUT2D eigenvalue weighted by atomic mass is 9.97. The van der Waals surface area contributed by atoms with Crippen molar-refractivity contribution in [2.24, 2.45) is 0 Å². The topological polar surface area (TPSA) is 35.5 Å². The van der Waals surface area contributed by atoms with Crippen molar-refractivity contribution in [1.29, 1.82) is 0 Å². The van der Waals surface area contributed by atoms with E-state index in [9.17, 15) is 4.79 Å². The first kappa shape index (κ1) is 10.7. The highest BCUT2D eigenvalue weighted by atomic mass is 16.5. The van der Waals surface area contributed by atoms with Crippen molar-refractivity contribution in [2.45, 2.75) is 12.5 Å². The van der Waals surface area contributed by atoms with Crippen LogP contribution in [0.15, 0.2) is 24.3 Å². The lowest BCUT2D eigenvalue weighted by Gasteiger charge is -2.21. The monoisotopic (exact) mass is 194 g/mol. The molecular weight excluding hydrogens is 180 g/mol. The van der Waals surface area contributed by atoms with Crippen molar-refractivity contribution in [3.8, 4) is 5.75 Å². The molecule has 0 heterocycles. The Morgan fingerprint density at radius 2 is 2.07 bits per heavy atom. The van der Waals surface area contributed by atoms with E-state index < -0.39 is 5.60 Å². The lowest BCUT2D eigenvalue weighted by Crippen LogP contribution is -2.25. The summed E-state index contributed by atoms with van der Waals surface area (Å²) in [5.74, 6) is 0.715. The third kappa shape index (κ3) is 1.93. The highest BCUT2D eigenvalue weighted by Crippen LogP contribution is 2.25. The Kier molecular flexibility index (Phi) is 3.25. The van der Waals surface area contributed by atoms with Gasteiger partial charge in [0.2, 0.25) is 0 Å². The van der Waals surface area contributed by atoms with Crippen molar-refractivity contribution in [1.82, 2.24) is 0 Å². The van der Waals surface area contributed by atoms with Gasteiger partial charge in [-0.25, -0.2) is 0 Å². The van der Waals surface area contributed by atoms with Gasteiger partial charge < -0.3 is 9.47 Å². The van der Waals surface area contributed by atoms with E-state index >= 15 is 0 Å². The second-order valence-electron chi connectivity index (χ2n) is 3.16. The maximum atomic E-state index is 10.9. The number of carbonyl (C=O) groups excluding carboxylic acids is 1. The Morgan fingerprint density at radius 3 is 2.57 bits per heavy atom. The van der Waals surface area contributed by atoms with Crippen molar-refractivity contribution in [3.05, 3.63) is 29.8 Å². The van der Waals surface area contributed by atoms with Crippen molar-refractivity contribution in [3.63, 3.8) is 0 Å². The number of hydrogen-bond acceptors (Lipinski definition) is 3. The standard InChI is InChI=1S/C11H14O3/c1-11(8-12,14-3)9-5-4-6-10(7-9)13-2/h4-8H,1-3H3. The predicted octanol–water partition coefficient (Wildman–Crippen LogP) is 1.76. The Morgan fingerprint density at radius 1 is 1.36 bits per heavy atom. The number of rotatable bonds is 4. The highest BCUT2D eigenvalue weighted by Gasteiger charge is 2.25. The van der Waals surface area contributed by atoms with Gasteiger partial charge in [0.25, 0.3) is 0 Å². The van der Waals surface area contributed by atoms with E-state index in [0.29, 0.717) is 5.75 Å². The van der Waals surface area contributed by atoms with Gasteiger partial charge in [0, 0.05) is 7.11 Å². The van der Waals surface area contributed by atoms with E-state index in [-0.39, 0.29) is 0 Å². The van der Waals surface area contributed by atoms with Crippen LogP contribution in [0.1, 0.15) is 12.5 Å². The van der Waals surface area contributed by atoms with Gasteiger partial charge in [-0.2, -0.15) is 0 Å². The molecule has 0 N–H and O–H groups in total. The highest BCUT2D eigenvalue weighted by molar-refractivity contribution is 5.65. The molecule has 3 heteroatoms. The molecule has 0 fully saturated rings. The number of methoxy groups -OCH3 is 2. The summed E-state index contributed by atoms with van der Waals surface area (Å²) in [7, 11) is 3.10. The van der Waals surface area contributed by atoms with Crippen LogP contribution in [0.25, 0.3) is 0 Å². The maximum absolute atomic E-state index is 10.9. The maximum Gasteiger partial charge on any atom is 0.156 e. The molecule has 1 atom stereocenters. The molecule has 1 aromatic carbocycles. The fourth-order valence-electron chi connectivity index (χ4n) is 1.17. The van der Waals surface area contributed by atoms with Crippen LogP contribution in [-0.2, 0) is 15.1 Å². The Hall–Kier alpha value is -1.35. The third-order valence-corrected chi connectivity index (χ3v) is 2.29. The van der Waals surface area contributed by atoms with E-state index in [1.807, 2.05) is 18.2 Å². The van der Waals surface area contributed by atoms with Crippen molar-refractivity contribution in [2.75, 3.05) is 14.2 Å². The molecule has 0 saturated carbocycles. The molecule has 3 nitrogen and oxygen atoms in total. The first-order chi connectivity index (χ1) is 6.66. The summed E-state index contributed by atoms with van der Waals surface area (Å²) in [6.45, 7) is 1.72. The van der Waals surface area contributed by atoms with Crippen molar-refractivity contribution < 1.29 is 14.3 Å². The van der Waals surface area contributed by atoms with Gasteiger partial charge in [0.1, 0.15) is 11.4 Å². The van der Waals surface area contributed by atoms with Crippen LogP contribution in [0.2, 0.25) is 0 Å². The zero-order valence-corrected chi connectivity index (χ0v) is 8.61. The zero-order valence-electron chi connectivity index (χ0n) is 8.61. The average molecular weight is 194 g/mol. The SMILES string of the molecule is COc1cccc(C(C)(C=O)OC)c1. The average Bonchev–Trinajstić information content (AvgIpc) is 2.28. The molecule has 14 heavy (non-hydrogen) atoms. The van der Waals surface area contributed by atoms with E-state index in [1.54, 1.807) is 20.1 Å². The molecule has 0 aliphatic carbocycles. The lowest BCUT2D eigenvalue weighted by molar-refractivity contribution is -0.126. The summed E-state index contributed by atoms with van der Waals surface area (Å²) < 4.78 is 10.2. The van der Waals surface area contributed by atoms with Crippen LogP contribution in [0.3, 0.4) is 0 Å². The van der Waals surface area contributed by atoms with Gasteiger partial charge >= 0.3 is 0 Å². The van der Waals surface area contributed by atoms with E-state index in [0.717, 1.165) is 11.8 Å². The van der Waals surface area contributed by atoms with Crippen LogP contribution < -0.4 is 4.74 Å². The largest absolute Gasteiger partial charge is 0.497 e. The fraction of sp³-hybridized carbons (Fsp3) is 0.364. The first-order valence-corrected chi connectivity index (χ1v) is 4.32. The molecule has 76 valence electrons. The fourth-order valence-corrected chi connectivity index (χ4v) is 1.17. The molecule has 1 aromatic rings. The second-order valence-corrected chi connectivity index (χ2v) is 3.16. The Labute approximate surface area is 83.6 Å². The molecule has 0 spiro atoms. The minimum absolute atomic E-state index is 0.715. The molecule has 0 radical (unpaired) electrons. The molecule has 0 aromatic heterocycles. The number of ether oxygens (including phenoxy) is 2. The van der Waals surface area contributed by atoms with Gasteiger partial charge in [-0.3, -0.25) is 4.79 Å². The third-order valence-electron chi connectivity index (χ3n) is 2.29. The first-order valence-electron chi connectivity index (χ1n) is 4.32. The summed E-state index contributed by atoms with van der Waals surface area (Å²) in [6, 6.07) is 7.28. The molecule has 0 bridgehead atoms. The van der Waals surface area contributed by atoms with E-state index in [4.69, 9.17) is 9.47 Å². The number of benzene rings is 1. The normalized spacial score (nSPS) is 14.5. The van der Waals surface area contributed by atoms with E-state index in [1.165, 1.54) is 7.11 Å². The number of aldehydes is 1. The van der Waals surface area contributed by atoms with Crippen LogP contribution in [0.4, 0.5) is 0 Å². The second kappa shape index (κ2) is 4.24.